The number of esters is 1. The molecule has 0 spiro atoms. The van der Waals surface area contributed by atoms with Crippen molar-refractivity contribution in [3.05, 3.63) is 53.7 Å². The summed E-state index contributed by atoms with van der Waals surface area (Å²) in [5.41, 5.74) is 1.34. The molecule has 8 heteroatoms. The molecular weight excluding hydrogens is 396 g/mol. The predicted octanol–water partition coefficient (Wildman–Crippen LogP) is 2.44. The Labute approximate surface area is 182 Å². The quantitative estimate of drug-likeness (QED) is 0.633. The molecule has 1 aromatic carbocycles. The molecule has 162 valence electrons. The lowest BCUT2D eigenvalue weighted by atomic mass is 10.2. The molecule has 0 unspecified atom stereocenters. The van der Waals surface area contributed by atoms with Crippen LogP contribution in [0.4, 0.5) is 5.82 Å². The minimum Gasteiger partial charge on any atom is -0.484 e. The lowest BCUT2D eigenvalue weighted by Gasteiger charge is -2.23. The molecule has 0 radical (unpaired) electrons. The summed E-state index contributed by atoms with van der Waals surface area (Å²) in [5.74, 6) is 0.941. The van der Waals surface area contributed by atoms with Crippen LogP contribution in [-0.4, -0.2) is 61.2 Å². The van der Waals surface area contributed by atoms with Crippen LogP contribution in [-0.2, 0) is 16.0 Å². The number of pyridine rings is 1. The molecule has 1 amide bonds. The van der Waals surface area contributed by atoms with E-state index < -0.39 is 0 Å². The van der Waals surface area contributed by atoms with Crippen molar-refractivity contribution in [2.45, 2.75) is 19.8 Å². The highest BCUT2D eigenvalue weighted by atomic mass is 16.5. The highest BCUT2D eigenvalue weighted by molar-refractivity contribution is 5.89. The van der Waals surface area contributed by atoms with Crippen molar-refractivity contribution in [2.24, 2.45) is 0 Å². The number of rotatable bonds is 7. The Bertz CT molecular complexity index is 922. The number of hydrogen-bond donors (Lipinski definition) is 0. The SMILES string of the molecule is CCOC(=O)c1ccc(N2CCCN(C(=O)COc3ccc(CC#N)cc3)CC2)nc1. The van der Waals surface area contributed by atoms with Crippen LogP contribution in [0, 0.1) is 11.3 Å². The van der Waals surface area contributed by atoms with E-state index in [4.69, 9.17) is 14.7 Å². The predicted molar refractivity (Wildman–Crippen MR) is 115 cm³/mol. The average Bonchev–Trinajstić information content (AvgIpc) is 3.05. The fraction of sp³-hybridized carbons (Fsp3) is 0.391. The van der Waals surface area contributed by atoms with Crippen molar-refractivity contribution in [2.75, 3.05) is 44.3 Å². The second kappa shape index (κ2) is 11.0. The Morgan fingerprint density at radius 3 is 2.58 bits per heavy atom. The van der Waals surface area contributed by atoms with E-state index in [-0.39, 0.29) is 18.5 Å². The molecule has 0 aliphatic carbocycles. The van der Waals surface area contributed by atoms with E-state index in [1.807, 2.05) is 18.2 Å². The third-order valence-corrected chi connectivity index (χ3v) is 5.00. The first-order chi connectivity index (χ1) is 15.1. The minimum absolute atomic E-state index is 0.0237. The van der Waals surface area contributed by atoms with Gasteiger partial charge in [-0.05, 0) is 43.2 Å². The lowest BCUT2D eigenvalue weighted by Crippen LogP contribution is -2.38. The number of benzene rings is 1. The Morgan fingerprint density at radius 2 is 1.90 bits per heavy atom. The molecule has 1 fully saturated rings. The van der Waals surface area contributed by atoms with Gasteiger partial charge in [-0.1, -0.05) is 12.1 Å². The van der Waals surface area contributed by atoms with Crippen LogP contribution in [0.2, 0.25) is 0 Å². The zero-order chi connectivity index (χ0) is 22.1. The summed E-state index contributed by atoms with van der Waals surface area (Å²) in [4.78, 5) is 32.7. The highest BCUT2D eigenvalue weighted by Crippen LogP contribution is 2.16. The van der Waals surface area contributed by atoms with Gasteiger partial charge in [0.1, 0.15) is 11.6 Å². The third kappa shape index (κ3) is 6.19. The normalized spacial score (nSPS) is 13.8. The van der Waals surface area contributed by atoms with Gasteiger partial charge in [0.05, 0.1) is 24.7 Å². The average molecular weight is 422 g/mol. The van der Waals surface area contributed by atoms with Crippen molar-refractivity contribution in [1.82, 2.24) is 9.88 Å². The largest absolute Gasteiger partial charge is 0.484 e. The Balaban J connectivity index is 1.50. The van der Waals surface area contributed by atoms with Crippen LogP contribution in [0.3, 0.4) is 0 Å². The van der Waals surface area contributed by atoms with Gasteiger partial charge in [-0.3, -0.25) is 4.79 Å². The number of carbonyl (C=O) groups excluding carboxylic acids is 2. The molecule has 0 N–H and O–H groups in total. The van der Waals surface area contributed by atoms with Gasteiger partial charge in [-0.15, -0.1) is 0 Å². The number of nitrogens with zero attached hydrogens (tertiary/aromatic N) is 4. The zero-order valence-corrected chi connectivity index (χ0v) is 17.6. The Morgan fingerprint density at radius 1 is 1.10 bits per heavy atom. The van der Waals surface area contributed by atoms with E-state index in [9.17, 15) is 9.59 Å². The van der Waals surface area contributed by atoms with Crippen LogP contribution in [0.25, 0.3) is 0 Å². The Kier molecular flexibility index (Phi) is 7.82. The van der Waals surface area contributed by atoms with Gasteiger partial charge in [-0.25, -0.2) is 9.78 Å². The molecule has 8 nitrogen and oxygen atoms in total. The first-order valence-corrected chi connectivity index (χ1v) is 10.3. The van der Waals surface area contributed by atoms with E-state index in [0.29, 0.717) is 44.0 Å². The van der Waals surface area contributed by atoms with Gasteiger partial charge in [0.15, 0.2) is 6.61 Å². The molecule has 0 bridgehead atoms. The fourth-order valence-corrected chi connectivity index (χ4v) is 3.34. The number of amides is 1. The van der Waals surface area contributed by atoms with E-state index in [1.54, 1.807) is 30.0 Å². The summed E-state index contributed by atoms with van der Waals surface area (Å²) in [6.45, 7) is 4.72. The van der Waals surface area contributed by atoms with Crippen LogP contribution < -0.4 is 9.64 Å². The minimum atomic E-state index is -0.381. The molecule has 0 saturated carbocycles. The number of nitriles is 1. The summed E-state index contributed by atoms with van der Waals surface area (Å²) in [7, 11) is 0. The first kappa shape index (κ1) is 22.1. The maximum atomic E-state index is 12.6. The first-order valence-electron chi connectivity index (χ1n) is 10.3. The highest BCUT2D eigenvalue weighted by Gasteiger charge is 2.20. The van der Waals surface area contributed by atoms with Crippen molar-refractivity contribution in [3.63, 3.8) is 0 Å². The smallest absolute Gasteiger partial charge is 0.339 e. The number of aromatic nitrogens is 1. The van der Waals surface area contributed by atoms with Gasteiger partial charge in [-0.2, -0.15) is 5.26 Å². The molecule has 1 aliphatic rings. The van der Waals surface area contributed by atoms with Crippen molar-refractivity contribution in [3.8, 4) is 11.8 Å². The molecule has 0 atom stereocenters. The van der Waals surface area contributed by atoms with Crippen LogP contribution in [0.15, 0.2) is 42.6 Å². The topological polar surface area (TPSA) is 95.8 Å². The van der Waals surface area contributed by atoms with Gasteiger partial charge < -0.3 is 19.3 Å². The molecular formula is C23H26N4O4. The second-order valence-corrected chi connectivity index (χ2v) is 7.11. The lowest BCUT2D eigenvalue weighted by molar-refractivity contribution is -0.133. The molecule has 2 heterocycles. The monoisotopic (exact) mass is 422 g/mol. The summed E-state index contributed by atoms with van der Waals surface area (Å²) in [5, 5.41) is 8.72. The van der Waals surface area contributed by atoms with Gasteiger partial charge in [0.25, 0.3) is 5.91 Å². The maximum Gasteiger partial charge on any atom is 0.339 e. The molecule has 1 aliphatic heterocycles. The van der Waals surface area contributed by atoms with Crippen molar-refractivity contribution < 1.29 is 19.1 Å². The van der Waals surface area contributed by atoms with Crippen LogP contribution in [0.5, 0.6) is 5.75 Å². The summed E-state index contributed by atoms with van der Waals surface area (Å²) < 4.78 is 10.6. The van der Waals surface area contributed by atoms with Gasteiger partial charge in [0.2, 0.25) is 0 Å². The summed E-state index contributed by atoms with van der Waals surface area (Å²) in [6, 6.07) is 12.8. The fourth-order valence-electron chi connectivity index (χ4n) is 3.34. The zero-order valence-electron chi connectivity index (χ0n) is 17.6. The Hall–Kier alpha value is -3.60. The van der Waals surface area contributed by atoms with E-state index in [1.165, 1.54) is 6.20 Å². The van der Waals surface area contributed by atoms with Crippen LogP contribution in [0.1, 0.15) is 29.3 Å². The van der Waals surface area contributed by atoms with Crippen LogP contribution >= 0.6 is 0 Å². The van der Waals surface area contributed by atoms with Gasteiger partial charge >= 0.3 is 5.97 Å². The van der Waals surface area contributed by atoms with Crippen molar-refractivity contribution >= 4 is 17.7 Å². The van der Waals surface area contributed by atoms with Gasteiger partial charge in [0, 0.05) is 32.4 Å². The molecule has 3 rings (SSSR count). The number of anilines is 1. The van der Waals surface area contributed by atoms with E-state index >= 15 is 0 Å². The maximum absolute atomic E-state index is 12.6. The van der Waals surface area contributed by atoms with E-state index in [0.717, 1.165) is 24.3 Å². The number of ether oxygens (including phenoxy) is 2. The molecule has 1 aromatic heterocycles. The summed E-state index contributed by atoms with van der Waals surface area (Å²) >= 11 is 0. The standard InChI is InChI=1S/C23H26N4O4/c1-2-30-23(29)19-6-9-21(25-16-19)26-12-3-13-27(15-14-26)22(28)17-31-20-7-4-18(5-8-20)10-11-24/h4-9,16H,2-3,10,12-15,17H2,1H3. The third-order valence-electron chi connectivity index (χ3n) is 5.00. The second-order valence-electron chi connectivity index (χ2n) is 7.11. The van der Waals surface area contributed by atoms with E-state index in [2.05, 4.69) is 16.0 Å². The van der Waals surface area contributed by atoms with Crippen molar-refractivity contribution in [1.29, 1.82) is 5.26 Å². The molecule has 1 saturated heterocycles. The molecule has 31 heavy (non-hydrogen) atoms. The molecule has 2 aromatic rings. The summed E-state index contributed by atoms with van der Waals surface area (Å²) in [6.07, 6.45) is 2.69. The number of hydrogen-bond acceptors (Lipinski definition) is 7. The number of carbonyl (C=O) groups is 2.